The summed E-state index contributed by atoms with van der Waals surface area (Å²) in [6.45, 7) is 6.76. The van der Waals surface area contributed by atoms with Crippen LogP contribution in [-0.4, -0.2) is 24.0 Å². The normalized spacial score (nSPS) is 34.4. The van der Waals surface area contributed by atoms with E-state index < -0.39 is 11.7 Å². The van der Waals surface area contributed by atoms with Gasteiger partial charge in [0.2, 0.25) is 0 Å². The number of carbonyl (C=O) groups excluding carboxylic acids is 3. The molecular weight excluding hydrogens is 290 g/mol. The number of para-hydroxylation sites is 1. The zero-order valence-electron chi connectivity index (χ0n) is 13.8. The van der Waals surface area contributed by atoms with Crippen LogP contribution in [0.1, 0.15) is 44.0 Å². The number of rotatable bonds is 2. The summed E-state index contributed by atoms with van der Waals surface area (Å²) in [7, 11) is 0. The Bertz CT molecular complexity index is 751. The van der Waals surface area contributed by atoms with Gasteiger partial charge >= 0.3 is 0 Å². The third-order valence-corrected chi connectivity index (χ3v) is 6.93. The van der Waals surface area contributed by atoms with Gasteiger partial charge in [0, 0.05) is 17.9 Å². The first-order valence-corrected chi connectivity index (χ1v) is 8.28. The van der Waals surface area contributed by atoms with Crippen molar-refractivity contribution < 1.29 is 14.4 Å². The van der Waals surface area contributed by atoms with Crippen molar-refractivity contribution >= 4 is 23.2 Å². The van der Waals surface area contributed by atoms with E-state index in [0.717, 1.165) is 12.8 Å². The quantitative estimate of drug-likeness (QED) is 0.789. The average molecular weight is 311 g/mol. The molecule has 3 unspecified atom stereocenters. The molecule has 3 atom stereocenters. The largest absolute Gasteiger partial charge is 0.304 e. The number of benzene rings is 1. The summed E-state index contributed by atoms with van der Waals surface area (Å²) in [6.07, 6.45) is 1.96. The highest BCUT2D eigenvalue weighted by molar-refractivity contribution is 6.52. The summed E-state index contributed by atoms with van der Waals surface area (Å²) >= 11 is 0. The fourth-order valence-electron chi connectivity index (χ4n) is 5.11. The minimum Gasteiger partial charge on any atom is -0.304 e. The number of ketones is 2. The first-order chi connectivity index (χ1) is 10.8. The molecule has 3 aliphatic rings. The fraction of sp³-hybridized carbons (Fsp3) is 0.526. The summed E-state index contributed by atoms with van der Waals surface area (Å²) in [5, 5.41) is 0. The van der Waals surface area contributed by atoms with E-state index in [1.807, 2.05) is 6.07 Å². The summed E-state index contributed by atoms with van der Waals surface area (Å²) in [5.74, 6) is -0.558. The summed E-state index contributed by atoms with van der Waals surface area (Å²) in [6, 6.07) is 7.07. The van der Waals surface area contributed by atoms with E-state index >= 15 is 0 Å². The van der Waals surface area contributed by atoms with Crippen molar-refractivity contribution in [2.75, 3.05) is 11.4 Å². The molecule has 4 heteroatoms. The standard InChI is InChI=1S/C19H21NO3/c1-18(2)13-8-9-19(18,3)16(22)12(13)10-20-14-7-5-4-6-11(14)15(21)17(20)23/h4-7,12-13H,8-10H2,1-3H3. The van der Waals surface area contributed by atoms with Crippen LogP contribution >= 0.6 is 0 Å². The molecule has 2 fully saturated rings. The predicted molar refractivity (Wildman–Crippen MR) is 86.2 cm³/mol. The lowest BCUT2D eigenvalue weighted by molar-refractivity contribution is -0.131. The molecule has 120 valence electrons. The van der Waals surface area contributed by atoms with Gasteiger partial charge in [-0.15, -0.1) is 0 Å². The molecule has 23 heavy (non-hydrogen) atoms. The first kappa shape index (κ1) is 14.6. The third-order valence-electron chi connectivity index (χ3n) is 6.93. The van der Waals surface area contributed by atoms with Gasteiger partial charge in [0.1, 0.15) is 5.78 Å². The molecule has 1 amide bonds. The fourth-order valence-corrected chi connectivity index (χ4v) is 5.11. The summed E-state index contributed by atoms with van der Waals surface area (Å²) in [4.78, 5) is 39.0. The van der Waals surface area contributed by atoms with Gasteiger partial charge in [0.05, 0.1) is 11.3 Å². The van der Waals surface area contributed by atoms with E-state index in [0.29, 0.717) is 17.8 Å². The first-order valence-electron chi connectivity index (χ1n) is 8.28. The van der Waals surface area contributed by atoms with Gasteiger partial charge in [-0.05, 0) is 36.3 Å². The lowest BCUT2D eigenvalue weighted by atomic mass is 9.70. The second-order valence-corrected chi connectivity index (χ2v) is 7.93. The molecule has 1 aromatic carbocycles. The van der Waals surface area contributed by atoms with E-state index in [1.54, 1.807) is 18.2 Å². The van der Waals surface area contributed by atoms with Crippen molar-refractivity contribution in [2.45, 2.75) is 33.6 Å². The smallest absolute Gasteiger partial charge is 0.299 e. The Morgan fingerprint density at radius 2 is 1.83 bits per heavy atom. The topological polar surface area (TPSA) is 54.5 Å². The monoisotopic (exact) mass is 311 g/mol. The Balaban J connectivity index is 1.69. The van der Waals surface area contributed by atoms with Crippen LogP contribution in [0.25, 0.3) is 0 Å². The van der Waals surface area contributed by atoms with Gasteiger partial charge in [-0.2, -0.15) is 0 Å². The van der Waals surface area contributed by atoms with Crippen molar-refractivity contribution in [3.63, 3.8) is 0 Å². The van der Waals surface area contributed by atoms with Gasteiger partial charge in [0.15, 0.2) is 0 Å². The molecule has 0 saturated heterocycles. The van der Waals surface area contributed by atoms with Crippen LogP contribution in [0.5, 0.6) is 0 Å². The second kappa shape index (κ2) is 4.31. The molecule has 0 radical (unpaired) electrons. The van der Waals surface area contributed by atoms with E-state index in [2.05, 4.69) is 20.8 Å². The van der Waals surface area contributed by atoms with Crippen LogP contribution < -0.4 is 4.90 Å². The highest BCUT2D eigenvalue weighted by Crippen LogP contribution is 2.65. The Kier molecular flexibility index (Phi) is 2.74. The van der Waals surface area contributed by atoms with Crippen LogP contribution in [-0.2, 0) is 9.59 Å². The van der Waals surface area contributed by atoms with Gasteiger partial charge in [-0.3, -0.25) is 14.4 Å². The van der Waals surface area contributed by atoms with Crippen molar-refractivity contribution in [3.05, 3.63) is 29.8 Å². The number of anilines is 1. The van der Waals surface area contributed by atoms with Crippen molar-refractivity contribution in [3.8, 4) is 0 Å². The summed E-state index contributed by atoms with van der Waals surface area (Å²) in [5.41, 5.74) is 0.773. The number of hydrogen-bond acceptors (Lipinski definition) is 3. The number of Topliss-reactive ketones (excluding diaryl/α,β-unsaturated/α-hetero) is 2. The molecule has 4 nitrogen and oxygen atoms in total. The molecule has 1 heterocycles. The SMILES string of the molecule is CC12CCC(C(CN3C(=O)C(=O)c4ccccc43)C1=O)C2(C)C. The third kappa shape index (κ3) is 1.59. The van der Waals surface area contributed by atoms with E-state index in [1.165, 1.54) is 4.90 Å². The van der Waals surface area contributed by atoms with Crippen LogP contribution in [0.15, 0.2) is 24.3 Å². The van der Waals surface area contributed by atoms with Crippen LogP contribution in [0.4, 0.5) is 5.69 Å². The zero-order chi connectivity index (χ0) is 16.6. The predicted octanol–water partition coefficient (Wildman–Crippen LogP) is 2.86. The maximum absolute atomic E-state index is 13.0. The molecule has 2 aliphatic carbocycles. The number of amides is 1. The lowest BCUT2D eigenvalue weighted by Gasteiger charge is -2.32. The number of carbonyl (C=O) groups is 3. The molecule has 2 bridgehead atoms. The lowest BCUT2D eigenvalue weighted by Crippen LogP contribution is -2.40. The minimum atomic E-state index is -0.496. The highest BCUT2D eigenvalue weighted by atomic mass is 16.2. The van der Waals surface area contributed by atoms with Crippen LogP contribution in [0.2, 0.25) is 0 Å². The minimum absolute atomic E-state index is 0.0406. The zero-order valence-corrected chi connectivity index (χ0v) is 13.8. The van der Waals surface area contributed by atoms with Gasteiger partial charge in [-0.25, -0.2) is 0 Å². The molecule has 0 spiro atoms. The van der Waals surface area contributed by atoms with Gasteiger partial charge < -0.3 is 4.90 Å². The highest BCUT2D eigenvalue weighted by Gasteiger charge is 2.66. The molecule has 0 aromatic heterocycles. The molecular formula is C19H21NO3. The maximum Gasteiger partial charge on any atom is 0.299 e. The van der Waals surface area contributed by atoms with E-state index in [9.17, 15) is 14.4 Å². The number of hydrogen-bond donors (Lipinski definition) is 0. The Morgan fingerprint density at radius 3 is 2.48 bits per heavy atom. The Labute approximate surface area is 135 Å². The number of fused-ring (bicyclic) bond motifs is 3. The van der Waals surface area contributed by atoms with Gasteiger partial charge in [-0.1, -0.05) is 32.9 Å². The maximum atomic E-state index is 13.0. The van der Waals surface area contributed by atoms with Crippen LogP contribution in [0.3, 0.4) is 0 Å². The van der Waals surface area contributed by atoms with E-state index in [-0.39, 0.29) is 28.4 Å². The van der Waals surface area contributed by atoms with E-state index in [4.69, 9.17) is 0 Å². The average Bonchev–Trinajstić information content (AvgIpc) is 2.96. The molecule has 0 N–H and O–H groups in total. The molecule has 4 rings (SSSR count). The molecule has 2 saturated carbocycles. The molecule has 1 aliphatic heterocycles. The molecule has 1 aromatic rings. The van der Waals surface area contributed by atoms with Crippen molar-refractivity contribution in [1.82, 2.24) is 0 Å². The van der Waals surface area contributed by atoms with Gasteiger partial charge in [0.25, 0.3) is 11.7 Å². The Hall–Kier alpha value is -1.97. The number of nitrogens with zero attached hydrogens (tertiary/aromatic N) is 1. The van der Waals surface area contributed by atoms with Crippen molar-refractivity contribution in [2.24, 2.45) is 22.7 Å². The second-order valence-electron chi connectivity index (χ2n) is 7.93. The summed E-state index contributed by atoms with van der Waals surface area (Å²) < 4.78 is 0. The van der Waals surface area contributed by atoms with Crippen molar-refractivity contribution in [1.29, 1.82) is 0 Å². The Morgan fingerprint density at radius 1 is 1.13 bits per heavy atom. The van der Waals surface area contributed by atoms with Crippen LogP contribution in [0, 0.1) is 22.7 Å².